The lowest BCUT2D eigenvalue weighted by Gasteiger charge is -2.12. The molecule has 0 bridgehead atoms. The summed E-state index contributed by atoms with van der Waals surface area (Å²) in [5.74, 6) is 0. The molecule has 0 N–H and O–H groups in total. The molecule has 2 aromatic rings. The predicted octanol–water partition coefficient (Wildman–Crippen LogP) is 3.49. The molecule has 2 rings (SSSR count). The molecule has 0 aromatic heterocycles. The predicted molar refractivity (Wildman–Crippen MR) is 74.5 cm³/mol. The first-order valence-electron chi connectivity index (χ1n) is 5.86. The van der Waals surface area contributed by atoms with Crippen LogP contribution in [0.25, 0.3) is 10.8 Å². The minimum absolute atomic E-state index is 0.184. The minimum atomic E-state index is 0.184. The van der Waals surface area contributed by atoms with Crippen LogP contribution in [-0.2, 0) is 0 Å². The van der Waals surface area contributed by atoms with Crippen molar-refractivity contribution in [3.63, 3.8) is 0 Å². The standard InChI is InChI=1S/C15H18N2/c1-12(16-11-17(2)3)14-10-6-8-13-7-4-5-9-15(13)14/h4-12H,1-3H3/t12-/m1/s1. The van der Waals surface area contributed by atoms with Crippen LogP contribution in [0.15, 0.2) is 47.5 Å². The number of aliphatic imine (C=N–C) groups is 1. The van der Waals surface area contributed by atoms with Gasteiger partial charge in [0.2, 0.25) is 0 Å². The quantitative estimate of drug-likeness (QED) is 0.578. The second-order valence-electron chi connectivity index (χ2n) is 4.47. The van der Waals surface area contributed by atoms with Gasteiger partial charge in [0.15, 0.2) is 0 Å². The maximum absolute atomic E-state index is 4.54. The van der Waals surface area contributed by atoms with E-state index in [4.69, 9.17) is 0 Å². The molecule has 17 heavy (non-hydrogen) atoms. The Morgan fingerprint density at radius 3 is 2.53 bits per heavy atom. The number of rotatable bonds is 3. The molecular weight excluding hydrogens is 208 g/mol. The van der Waals surface area contributed by atoms with Crippen LogP contribution in [0.4, 0.5) is 0 Å². The SMILES string of the molecule is C[C@@H](N=CN(C)C)c1cccc2ccccc12. The van der Waals surface area contributed by atoms with Crippen LogP contribution in [0, 0.1) is 0 Å². The van der Waals surface area contributed by atoms with Crippen LogP contribution < -0.4 is 0 Å². The first-order valence-corrected chi connectivity index (χ1v) is 5.86. The van der Waals surface area contributed by atoms with Crippen LogP contribution in [0.5, 0.6) is 0 Å². The van der Waals surface area contributed by atoms with Gasteiger partial charge in [-0.2, -0.15) is 0 Å². The monoisotopic (exact) mass is 226 g/mol. The van der Waals surface area contributed by atoms with E-state index in [0.717, 1.165) is 0 Å². The molecule has 0 radical (unpaired) electrons. The molecule has 0 unspecified atom stereocenters. The van der Waals surface area contributed by atoms with Crippen molar-refractivity contribution in [1.82, 2.24) is 4.90 Å². The lowest BCUT2D eigenvalue weighted by molar-refractivity contribution is 0.631. The van der Waals surface area contributed by atoms with Gasteiger partial charge in [-0.3, -0.25) is 4.99 Å². The normalized spacial score (nSPS) is 13.1. The second kappa shape index (κ2) is 5.00. The van der Waals surface area contributed by atoms with Gasteiger partial charge in [0, 0.05) is 14.1 Å². The van der Waals surface area contributed by atoms with Gasteiger partial charge >= 0.3 is 0 Å². The Hall–Kier alpha value is -1.83. The van der Waals surface area contributed by atoms with Crippen LogP contribution in [-0.4, -0.2) is 25.3 Å². The van der Waals surface area contributed by atoms with Crippen LogP contribution in [0.1, 0.15) is 18.5 Å². The fraction of sp³-hybridized carbons (Fsp3) is 0.267. The van der Waals surface area contributed by atoms with E-state index in [0.29, 0.717) is 0 Å². The molecule has 2 heteroatoms. The Kier molecular flexibility index (Phi) is 3.43. The summed E-state index contributed by atoms with van der Waals surface area (Å²) in [7, 11) is 3.97. The first-order chi connectivity index (χ1) is 8.18. The van der Waals surface area contributed by atoms with Crippen LogP contribution >= 0.6 is 0 Å². The third-order valence-electron chi connectivity index (χ3n) is 2.79. The molecule has 0 fully saturated rings. The minimum Gasteiger partial charge on any atom is -0.369 e. The summed E-state index contributed by atoms with van der Waals surface area (Å²) in [6.45, 7) is 2.13. The van der Waals surface area contributed by atoms with E-state index in [-0.39, 0.29) is 6.04 Å². The summed E-state index contributed by atoms with van der Waals surface area (Å²) in [5.41, 5.74) is 1.28. The maximum atomic E-state index is 4.54. The molecule has 0 spiro atoms. The zero-order chi connectivity index (χ0) is 12.3. The molecular formula is C15H18N2. The Bertz CT molecular complexity index is 524. The summed E-state index contributed by atoms with van der Waals surface area (Å²) in [4.78, 5) is 6.50. The summed E-state index contributed by atoms with van der Waals surface area (Å²) in [6, 6.07) is 15.0. The fourth-order valence-corrected chi connectivity index (χ4v) is 1.93. The molecule has 0 saturated heterocycles. The van der Waals surface area contributed by atoms with E-state index in [9.17, 15) is 0 Å². The first kappa shape index (κ1) is 11.6. The Morgan fingerprint density at radius 1 is 1.06 bits per heavy atom. The molecule has 0 aliphatic rings. The molecule has 1 atom stereocenters. The zero-order valence-corrected chi connectivity index (χ0v) is 10.6. The largest absolute Gasteiger partial charge is 0.369 e. The lowest BCUT2D eigenvalue weighted by Crippen LogP contribution is -2.08. The molecule has 0 heterocycles. The third-order valence-corrected chi connectivity index (χ3v) is 2.79. The van der Waals surface area contributed by atoms with Gasteiger partial charge in [-0.05, 0) is 23.3 Å². The van der Waals surface area contributed by atoms with E-state index in [2.05, 4.69) is 54.4 Å². The van der Waals surface area contributed by atoms with Gasteiger partial charge in [-0.15, -0.1) is 0 Å². The van der Waals surface area contributed by atoms with Crippen molar-refractivity contribution in [2.45, 2.75) is 13.0 Å². The number of nitrogens with zero attached hydrogens (tertiary/aromatic N) is 2. The molecule has 2 aromatic carbocycles. The van der Waals surface area contributed by atoms with Crippen LogP contribution in [0.3, 0.4) is 0 Å². The summed E-state index contributed by atoms with van der Waals surface area (Å²) < 4.78 is 0. The molecule has 0 aliphatic heterocycles. The lowest BCUT2D eigenvalue weighted by atomic mass is 10.0. The number of hydrogen-bond acceptors (Lipinski definition) is 1. The average molecular weight is 226 g/mol. The van der Waals surface area contributed by atoms with Crippen molar-refractivity contribution in [2.75, 3.05) is 14.1 Å². The zero-order valence-electron chi connectivity index (χ0n) is 10.6. The fourth-order valence-electron chi connectivity index (χ4n) is 1.93. The van der Waals surface area contributed by atoms with Crippen molar-refractivity contribution in [2.24, 2.45) is 4.99 Å². The highest BCUT2D eigenvalue weighted by Gasteiger charge is 2.06. The maximum Gasteiger partial charge on any atom is 0.0852 e. The molecule has 88 valence electrons. The topological polar surface area (TPSA) is 15.6 Å². The van der Waals surface area contributed by atoms with Gasteiger partial charge < -0.3 is 4.90 Å². The highest BCUT2D eigenvalue weighted by Crippen LogP contribution is 2.25. The van der Waals surface area contributed by atoms with Crippen molar-refractivity contribution in [3.05, 3.63) is 48.0 Å². The van der Waals surface area contributed by atoms with Crippen molar-refractivity contribution >= 4 is 17.1 Å². The van der Waals surface area contributed by atoms with E-state index in [1.54, 1.807) is 0 Å². The highest BCUT2D eigenvalue weighted by molar-refractivity contribution is 5.86. The average Bonchev–Trinajstić information content (AvgIpc) is 2.35. The van der Waals surface area contributed by atoms with Gasteiger partial charge in [-0.25, -0.2) is 0 Å². The van der Waals surface area contributed by atoms with E-state index >= 15 is 0 Å². The van der Waals surface area contributed by atoms with Crippen molar-refractivity contribution in [1.29, 1.82) is 0 Å². The van der Waals surface area contributed by atoms with E-state index in [1.807, 2.05) is 25.3 Å². The highest BCUT2D eigenvalue weighted by atomic mass is 15.1. The van der Waals surface area contributed by atoms with Gasteiger partial charge in [0.1, 0.15) is 0 Å². The molecule has 0 aliphatic carbocycles. The molecule has 0 saturated carbocycles. The van der Waals surface area contributed by atoms with Gasteiger partial charge in [0.05, 0.1) is 12.4 Å². The van der Waals surface area contributed by atoms with Gasteiger partial charge in [-0.1, -0.05) is 42.5 Å². The summed E-state index contributed by atoms with van der Waals surface area (Å²) in [5, 5.41) is 2.57. The number of fused-ring (bicyclic) bond motifs is 1. The van der Waals surface area contributed by atoms with Crippen LogP contribution in [0.2, 0.25) is 0 Å². The molecule has 0 amide bonds. The summed E-state index contributed by atoms with van der Waals surface area (Å²) in [6.07, 6.45) is 1.87. The van der Waals surface area contributed by atoms with E-state index in [1.165, 1.54) is 16.3 Å². The van der Waals surface area contributed by atoms with Gasteiger partial charge in [0.25, 0.3) is 0 Å². The number of hydrogen-bond donors (Lipinski definition) is 0. The Balaban J connectivity index is 2.41. The molecule has 2 nitrogen and oxygen atoms in total. The number of benzene rings is 2. The van der Waals surface area contributed by atoms with Crippen molar-refractivity contribution < 1.29 is 0 Å². The third kappa shape index (κ3) is 2.64. The summed E-state index contributed by atoms with van der Waals surface area (Å²) >= 11 is 0. The Labute approximate surface area is 103 Å². The smallest absolute Gasteiger partial charge is 0.0852 e. The second-order valence-corrected chi connectivity index (χ2v) is 4.47. The van der Waals surface area contributed by atoms with Crippen molar-refractivity contribution in [3.8, 4) is 0 Å². The van der Waals surface area contributed by atoms with E-state index < -0.39 is 0 Å². The Morgan fingerprint density at radius 2 is 1.76 bits per heavy atom.